The minimum Gasteiger partial charge on any atom is -0.343 e. The Morgan fingerprint density at radius 1 is 0.609 bits per heavy atom. The van der Waals surface area contributed by atoms with Gasteiger partial charge in [0.1, 0.15) is 0 Å². The number of methoxy groups -OCH3 is 2. The van der Waals surface area contributed by atoms with Gasteiger partial charge in [-0.3, -0.25) is 0 Å². The van der Waals surface area contributed by atoms with Gasteiger partial charge in [-0.05, 0) is 0 Å². The monoisotopic (exact) mass is 366 g/mol. The van der Waals surface area contributed by atoms with Crippen molar-refractivity contribution in [3.8, 4) is 0 Å². The molecule has 1 aliphatic rings. The first-order valence-corrected chi connectivity index (χ1v) is 5.86. The van der Waals surface area contributed by atoms with Crippen LogP contribution in [-0.2, 0) is 9.47 Å². The maximum Gasteiger partial charge on any atom is 0.350 e. The van der Waals surface area contributed by atoms with Gasteiger partial charge in [0.25, 0.3) is 23.2 Å². The summed E-state index contributed by atoms with van der Waals surface area (Å²) in [5.74, 6) is -28.7. The Bertz CT molecular complexity index is 438. The number of hydrogen-bond acceptors (Lipinski definition) is 2. The Labute approximate surface area is 123 Å². The van der Waals surface area contributed by atoms with Crippen LogP contribution >= 0.6 is 0 Å². The summed E-state index contributed by atoms with van der Waals surface area (Å²) in [5, 5.41) is 0. The molecule has 1 aliphatic carbocycles. The molecule has 138 valence electrons. The van der Waals surface area contributed by atoms with Crippen molar-refractivity contribution >= 4 is 0 Å². The minimum atomic E-state index is -6.35. The molecule has 0 N–H and O–H groups in total. The highest BCUT2D eigenvalue weighted by Crippen LogP contribution is 2.74. The molecule has 1 rings (SSSR count). The standard InChI is InChI=1S/C11H12F10O2/c1-5(12,13)7(16)8(17,6(2,14)15)10(20,21)11(22-3,23-4)9(7,18)19/h1-4H3. The predicted octanol–water partition coefficient (Wildman–Crippen LogP) is 3.99. The second-order valence-corrected chi connectivity index (χ2v) is 5.27. The van der Waals surface area contributed by atoms with Crippen molar-refractivity contribution in [1.82, 2.24) is 0 Å². The summed E-state index contributed by atoms with van der Waals surface area (Å²) in [5.41, 5.74) is -12.7. The quantitative estimate of drug-likeness (QED) is 0.554. The second-order valence-electron chi connectivity index (χ2n) is 5.27. The molecule has 0 bridgehead atoms. The largest absolute Gasteiger partial charge is 0.350 e. The summed E-state index contributed by atoms with van der Waals surface area (Å²) in [6.45, 7) is -1.45. The van der Waals surface area contributed by atoms with Crippen molar-refractivity contribution < 1.29 is 53.4 Å². The van der Waals surface area contributed by atoms with Gasteiger partial charge < -0.3 is 9.47 Å². The van der Waals surface area contributed by atoms with Crippen LogP contribution in [0.3, 0.4) is 0 Å². The Morgan fingerprint density at radius 2 is 0.826 bits per heavy atom. The second kappa shape index (κ2) is 4.64. The molecule has 0 aliphatic heterocycles. The third kappa shape index (κ3) is 1.68. The van der Waals surface area contributed by atoms with E-state index < -0.39 is 54.7 Å². The first-order valence-electron chi connectivity index (χ1n) is 5.86. The number of ether oxygens (including phenoxy) is 2. The molecule has 0 amide bonds. The van der Waals surface area contributed by atoms with Crippen molar-refractivity contribution in [3.63, 3.8) is 0 Å². The predicted molar refractivity (Wildman–Crippen MR) is 55.6 cm³/mol. The maximum atomic E-state index is 14.5. The average Bonchev–Trinajstić information content (AvgIpc) is 2.42. The lowest BCUT2D eigenvalue weighted by Crippen LogP contribution is -2.71. The van der Waals surface area contributed by atoms with Crippen LogP contribution in [0.4, 0.5) is 43.9 Å². The zero-order valence-electron chi connectivity index (χ0n) is 12.1. The van der Waals surface area contributed by atoms with Crippen LogP contribution in [0.25, 0.3) is 0 Å². The number of hydrogen-bond donors (Lipinski definition) is 0. The van der Waals surface area contributed by atoms with Crippen LogP contribution in [0.5, 0.6) is 0 Å². The van der Waals surface area contributed by atoms with Gasteiger partial charge in [-0.15, -0.1) is 0 Å². The number of halogens is 10. The summed E-state index contributed by atoms with van der Waals surface area (Å²) in [6.07, 6.45) is 0. The lowest BCUT2D eigenvalue weighted by atomic mass is 9.77. The number of rotatable bonds is 4. The van der Waals surface area contributed by atoms with Crippen LogP contribution in [-0.4, -0.2) is 55.0 Å². The molecule has 2 nitrogen and oxygen atoms in total. The lowest BCUT2D eigenvalue weighted by molar-refractivity contribution is -0.391. The van der Waals surface area contributed by atoms with Gasteiger partial charge in [0.15, 0.2) is 0 Å². The molecular formula is C11H12F10O2. The Balaban J connectivity index is 4.10. The third-order valence-corrected chi connectivity index (χ3v) is 3.95. The highest BCUT2D eigenvalue weighted by Gasteiger charge is 3.05. The van der Waals surface area contributed by atoms with Gasteiger partial charge in [0.2, 0.25) is 0 Å². The Morgan fingerprint density at radius 3 is 0.957 bits per heavy atom. The maximum absolute atomic E-state index is 14.5. The molecule has 0 aromatic heterocycles. The Kier molecular flexibility index (Phi) is 4.09. The minimum absolute atomic E-state index is 0.0269. The van der Waals surface area contributed by atoms with E-state index in [0.717, 1.165) is 0 Å². The normalized spacial score (nSPS) is 36.3. The summed E-state index contributed by atoms with van der Waals surface area (Å²) in [6, 6.07) is 0. The van der Waals surface area contributed by atoms with Gasteiger partial charge in [0.05, 0.1) is 0 Å². The van der Waals surface area contributed by atoms with E-state index >= 15 is 0 Å². The van der Waals surface area contributed by atoms with Crippen LogP contribution < -0.4 is 0 Å². The smallest absolute Gasteiger partial charge is 0.343 e. The SMILES string of the molecule is COC1(OC)C(F)(F)C(F)(C(C)(F)F)C(F)(C(C)(F)F)C1(F)F. The molecule has 23 heavy (non-hydrogen) atoms. The van der Waals surface area contributed by atoms with Crippen molar-refractivity contribution in [2.75, 3.05) is 14.2 Å². The molecule has 0 spiro atoms. The van der Waals surface area contributed by atoms with E-state index in [1.807, 2.05) is 0 Å². The topological polar surface area (TPSA) is 18.5 Å². The van der Waals surface area contributed by atoms with Gasteiger partial charge in [0, 0.05) is 28.1 Å². The molecule has 0 radical (unpaired) electrons. The van der Waals surface area contributed by atoms with Crippen LogP contribution in [0.15, 0.2) is 0 Å². The van der Waals surface area contributed by atoms with E-state index in [1.54, 1.807) is 0 Å². The average molecular weight is 366 g/mol. The third-order valence-electron chi connectivity index (χ3n) is 3.95. The summed E-state index contributed by atoms with van der Waals surface area (Å²) >= 11 is 0. The highest BCUT2D eigenvalue weighted by atomic mass is 19.3. The van der Waals surface area contributed by atoms with E-state index in [0.29, 0.717) is 0 Å². The van der Waals surface area contributed by atoms with E-state index in [1.165, 1.54) is 0 Å². The van der Waals surface area contributed by atoms with Crippen molar-refractivity contribution in [3.05, 3.63) is 0 Å². The fourth-order valence-corrected chi connectivity index (χ4v) is 2.84. The highest BCUT2D eigenvalue weighted by molar-refractivity contribution is 5.36. The molecule has 2 unspecified atom stereocenters. The molecular weight excluding hydrogens is 354 g/mol. The fraction of sp³-hybridized carbons (Fsp3) is 1.00. The summed E-state index contributed by atoms with van der Waals surface area (Å²) in [7, 11) is 0.0537. The van der Waals surface area contributed by atoms with E-state index in [4.69, 9.17) is 0 Å². The van der Waals surface area contributed by atoms with Crippen LogP contribution in [0, 0.1) is 0 Å². The van der Waals surface area contributed by atoms with Gasteiger partial charge in [-0.2, -0.15) is 17.6 Å². The molecule has 0 aromatic carbocycles. The van der Waals surface area contributed by atoms with Crippen LogP contribution in [0.2, 0.25) is 0 Å². The van der Waals surface area contributed by atoms with Crippen molar-refractivity contribution in [2.45, 2.75) is 54.7 Å². The van der Waals surface area contributed by atoms with E-state index in [-0.39, 0.29) is 14.2 Å². The van der Waals surface area contributed by atoms with Gasteiger partial charge in [-0.25, -0.2) is 26.3 Å². The summed E-state index contributed by atoms with van der Waals surface area (Å²) < 4.78 is 147. The molecule has 0 saturated heterocycles. The summed E-state index contributed by atoms with van der Waals surface area (Å²) in [4.78, 5) is 0. The van der Waals surface area contributed by atoms with E-state index in [2.05, 4.69) is 9.47 Å². The molecule has 0 aromatic rings. The van der Waals surface area contributed by atoms with Gasteiger partial charge in [-0.1, -0.05) is 0 Å². The fourth-order valence-electron chi connectivity index (χ4n) is 2.84. The molecule has 1 saturated carbocycles. The Hall–Kier alpha value is -0.780. The van der Waals surface area contributed by atoms with Crippen molar-refractivity contribution in [2.24, 2.45) is 0 Å². The zero-order chi connectivity index (χ0) is 18.9. The zero-order valence-corrected chi connectivity index (χ0v) is 12.1. The first kappa shape index (κ1) is 20.3. The van der Waals surface area contributed by atoms with E-state index in [9.17, 15) is 43.9 Å². The first-order chi connectivity index (χ1) is 9.87. The lowest BCUT2D eigenvalue weighted by Gasteiger charge is -2.42. The molecule has 1 fully saturated rings. The molecule has 0 heterocycles. The van der Waals surface area contributed by atoms with Gasteiger partial charge >= 0.3 is 17.6 Å². The van der Waals surface area contributed by atoms with Crippen LogP contribution in [0.1, 0.15) is 13.8 Å². The van der Waals surface area contributed by atoms with Crippen molar-refractivity contribution in [1.29, 1.82) is 0 Å². The molecule has 2 atom stereocenters. The molecule has 12 heteroatoms. The number of alkyl halides is 10.